The average Bonchev–Trinajstić information content (AvgIpc) is 2.75. The molecule has 3 fully saturated rings. The second-order valence-electron chi connectivity index (χ2n) is 5.96. The molecule has 92 valence electrons. The zero-order chi connectivity index (χ0) is 11.1. The SMILES string of the molecule is CN1CC2CN(C3CCN(N)CC3)CC2C1. The predicted molar refractivity (Wildman–Crippen MR) is 64.8 cm³/mol. The molecule has 3 aliphatic heterocycles. The van der Waals surface area contributed by atoms with E-state index in [-0.39, 0.29) is 0 Å². The van der Waals surface area contributed by atoms with Gasteiger partial charge in [0.15, 0.2) is 0 Å². The largest absolute Gasteiger partial charge is 0.306 e. The highest BCUT2D eigenvalue weighted by molar-refractivity contribution is 4.94. The van der Waals surface area contributed by atoms with Crippen LogP contribution in [0.25, 0.3) is 0 Å². The normalized spacial score (nSPS) is 39.4. The Hall–Kier alpha value is -0.160. The second kappa shape index (κ2) is 4.26. The first-order chi connectivity index (χ1) is 7.72. The van der Waals surface area contributed by atoms with Gasteiger partial charge in [-0.05, 0) is 31.7 Å². The third kappa shape index (κ3) is 1.99. The van der Waals surface area contributed by atoms with Crippen molar-refractivity contribution in [2.75, 3.05) is 46.3 Å². The lowest BCUT2D eigenvalue weighted by molar-refractivity contribution is 0.118. The number of nitrogens with two attached hydrogens (primary N) is 1. The van der Waals surface area contributed by atoms with Crippen LogP contribution in [0.3, 0.4) is 0 Å². The Morgan fingerprint density at radius 3 is 2.06 bits per heavy atom. The van der Waals surface area contributed by atoms with Crippen molar-refractivity contribution in [2.24, 2.45) is 17.7 Å². The minimum absolute atomic E-state index is 0.815. The van der Waals surface area contributed by atoms with Gasteiger partial charge in [-0.2, -0.15) is 0 Å². The summed E-state index contributed by atoms with van der Waals surface area (Å²) in [5, 5.41) is 1.97. The zero-order valence-electron chi connectivity index (χ0n) is 10.3. The van der Waals surface area contributed by atoms with E-state index in [0.717, 1.165) is 31.0 Å². The molecule has 0 spiro atoms. The molecule has 4 nitrogen and oxygen atoms in total. The van der Waals surface area contributed by atoms with E-state index in [1.54, 1.807) is 0 Å². The molecule has 0 bridgehead atoms. The molecule has 2 unspecified atom stereocenters. The second-order valence-corrected chi connectivity index (χ2v) is 5.96. The Morgan fingerprint density at radius 1 is 0.938 bits per heavy atom. The maximum absolute atomic E-state index is 5.81. The third-order valence-corrected chi connectivity index (χ3v) is 4.71. The molecule has 0 saturated carbocycles. The monoisotopic (exact) mass is 224 g/mol. The molecule has 0 aliphatic carbocycles. The molecule has 0 aromatic heterocycles. The quantitative estimate of drug-likeness (QED) is 0.627. The fourth-order valence-corrected chi connectivity index (χ4v) is 3.81. The van der Waals surface area contributed by atoms with Gasteiger partial charge in [0.25, 0.3) is 0 Å². The number of hydrazine groups is 1. The van der Waals surface area contributed by atoms with Crippen LogP contribution in [-0.4, -0.2) is 67.2 Å². The highest BCUT2D eigenvalue weighted by Crippen LogP contribution is 2.32. The van der Waals surface area contributed by atoms with E-state index >= 15 is 0 Å². The number of hydrogen-bond acceptors (Lipinski definition) is 4. The number of hydrogen-bond donors (Lipinski definition) is 1. The van der Waals surface area contributed by atoms with E-state index in [2.05, 4.69) is 16.8 Å². The van der Waals surface area contributed by atoms with Gasteiger partial charge in [-0.15, -0.1) is 0 Å². The van der Waals surface area contributed by atoms with Gasteiger partial charge >= 0.3 is 0 Å². The fourth-order valence-electron chi connectivity index (χ4n) is 3.81. The molecule has 3 rings (SSSR count). The van der Waals surface area contributed by atoms with Crippen molar-refractivity contribution in [2.45, 2.75) is 18.9 Å². The number of fused-ring (bicyclic) bond motifs is 1. The Bertz CT molecular complexity index is 235. The highest BCUT2D eigenvalue weighted by atomic mass is 15.4. The lowest BCUT2D eigenvalue weighted by atomic mass is 10.0. The third-order valence-electron chi connectivity index (χ3n) is 4.71. The molecule has 2 N–H and O–H groups in total. The summed E-state index contributed by atoms with van der Waals surface area (Å²) in [7, 11) is 2.26. The molecule has 0 radical (unpaired) electrons. The van der Waals surface area contributed by atoms with Crippen molar-refractivity contribution in [3.8, 4) is 0 Å². The van der Waals surface area contributed by atoms with E-state index in [1.807, 2.05) is 5.01 Å². The summed E-state index contributed by atoms with van der Waals surface area (Å²) in [6.07, 6.45) is 2.54. The maximum atomic E-state index is 5.81. The summed E-state index contributed by atoms with van der Waals surface area (Å²) < 4.78 is 0. The van der Waals surface area contributed by atoms with Gasteiger partial charge in [-0.3, -0.25) is 10.7 Å². The Kier molecular flexibility index (Phi) is 2.92. The number of rotatable bonds is 1. The van der Waals surface area contributed by atoms with Crippen molar-refractivity contribution in [1.82, 2.24) is 14.8 Å². The Balaban J connectivity index is 1.55. The van der Waals surface area contributed by atoms with Crippen LogP contribution in [0.15, 0.2) is 0 Å². The molecular formula is C12H24N4. The maximum Gasteiger partial charge on any atom is 0.0143 e. The molecule has 0 amide bonds. The summed E-state index contributed by atoms with van der Waals surface area (Å²) in [6.45, 7) is 7.47. The smallest absolute Gasteiger partial charge is 0.0143 e. The summed E-state index contributed by atoms with van der Waals surface area (Å²) in [5.41, 5.74) is 0. The first-order valence-electron chi connectivity index (χ1n) is 6.64. The van der Waals surface area contributed by atoms with Gasteiger partial charge in [0, 0.05) is 45.3 Å². The Morgan fingerprint density at radius 2 is 1.50 bits per heavy atom. The lowest BCUT2D eigenvalue weighted by Crippen LogP contribution is -2.47. The van der Waals surface area contributed by atoms with Crippen molar-refractivity contribution >= 4 is 0 Å². The predicted octanol–water partition coefficient (Wildman–Crippen LogP) is -0.182. The van der Waals surface area contributed by atoms with E-state index in [0.29, 0.717) is 0 Å². The van der Waals surface area contributed by atoms with Crippen molar-refractivity contribution in [1.29, 1.82) is 0 Å². The van der Waals surface area contributed by atoms with Crippen LogP contribution in [0.2, 0.25) is 0 Å². The van der Waals surface area contributed by atoms with Crippen molar-refractivity contribution < 1.29 is 0 Å². The molecule has 4 heteroatoms. The minimum Gasteiger partial charge on any atom is -0.306 e. The molecule has 3 aliphatic rings. The standard InChI is InChI=1S/C12H24N4/c1-14-6-10-8-15(9-11(10)7-14)12-2-4-16(13)5-3-12/h10-12H,2-9,13H2,1H3. The molecular weight excluding hydrogens is 200 g/mol. The van der Waals surface area contributed by atoms with Gasteiger partial charge in [0.1, 0.15) is 0 Å². The van der Waals surface area contributed by atoms with Gasteiger partial charge in [-0.1, -0.05) is 0 Å². The van der Waals surface area contributed by atoms with Crippen LogP contribution in [0, 0.1) is 11.8 Å². The average molecular weight is 224 g/mol. The first-order valence-corrected chi connectivity index (χ1v) is 6.64. The van der Waals surface area contributed by atoms with E-state index in [1.165, 1.54) is 39.0 Å². The van der Waals surface area contributed by atoms with Gasteiger partial charge in [0.05, 0.1) is 0 Å². The summed E-state index contributed by atoms with van der Waals surface area (Å²) in [6, 6.07) is 0.815. The molecule has 3 saturated heterocycles. The number of nitrogens with zero attached hydrogens (tertiary/aromatic N) is 3. The zero-order valence-corrected chi connectivity index (χ0v) is 10.3. The van der Waals surface area contributed by atoms with Crippen LogP contribution in [-0.2, 0) is 0 Å². The van der Waals surface area contributed by atoms with Crippen LogP contribution in [0.5, 0.6) is 0 Å². The van der Waals surface area contributed by atoms with E-state index in [4.69, 9.17) is 5.84 Å². The highest BCUT2D eigenvalue weighted by Gasteiger charge is 2.41. The molecule has 16 heavy (non-hydrogen) atoms. The van der Waals surface area contributed by atoms with Crippen LogP contribution in [0.1, 0.15) is 12.8 Å². The van der Waals surface area contributed by atoms with E-state index < -0.39 is 0 Å². The molecule has 3 heterocycles. The summed E-state index contributed by atoms with van der Waals surface area (Å²) in [4.78, 5) is 5.24. The van der Waals surface area contributed by atoms with Crippen LogP contribution < -0.4 is 5.84 Å². The van der Waals surface area contributed by atoms with E-state index in [9.17, 15) is 0 Å². The van der Waals surface area contributed by atoms with Crippen LogP contribution in [0.4, 0.5) is 0 Å². The molecule has 2 atom stereocenters. The number of piperidine rings is 1. The minimum atomic E-state index is 0.815. The summed E-state index contributed by atoms with van der Waals surface area (Å²) in [5.74, 6) is 7.70. The van der Waals surface area contributed by atoms with Gasteiger partial charge in [-0.25, -0.2) is 5.01 Å². The van der Waals surface area contributed by atoms with Crippen LogP contribution >= 0.6 is 0 Å². The van der Waals surface area contributed by atoms with Crippen molar-refractivity contribution in [3.05, 3.63) is 0 Å². The first kappa shape index (κ1) is 11.0. The number of likely N-dealkylation sites (tertiary alicyclic amines) is 2. The van der Waals surface area contributed by atoms with Gasteiger partial charge in [0.2, 0.25) is 0 Å². The molecule has 0 aromatic carbocycles. The molecule has 0 aromatic rings. The Labute approximate surface area is 98.3 Å². The topological polar surface area (TPSA) is 35.7 Å². The summed E-state index contributed by atoms with van der Waals surface area (Å²) >= 11 is 0. The fraction of sp³-hybridized carbons (Fsp3) is 1.00. The van der Waals surface area contributed by atoms with Crippen molar-refractivity contribution in [3.63, 3.8) is 0 Å². The van der Waals surface area contributed by atoms with Gasteiger partial charge < -0.3 is 4.90 Å². The lowest BCUT2D eigenvalue weighted by Gasteiger charge is -2.35.